The van der Waals surface area contributed by atoms with Gasteiger partial charge in [0.1, 0.15) is 21.5 Å². The van der Waals surface area contributed by atoms with Crippen molar-refractivity contribution in [1.82, 2.24) is 14.2 Å². The van der Waals surface area contributed by atoms with Gasteiger partial charge < -0.3 is 14.5 Å². The van der Waals surface area contributed by atoms with E-state index < -0.39 is 16.1 Å². The number of piperidine rings is 1. The highest BCUT2D eigenvalue weighted by Crippen LogP contribution is 2.39. The van der Waals surface area contributed by atoms with Crippen molar-refractivity contribution in [1.29, 1.82) is 0 Å². The number of thiazole rings is 1. The number of carbonyl (C=O) groups is 1. The number of hydrogen-bond donors (Lipinski definition) is 0. The van der Waals surface area contributed by atoms with Crippen LogP contribution < -0.4 is 9.64 Å². The third kappa shape index (κ3) is 4.74. The van der Waals surface area contributed by atoms with E-state index in [-0.39, 0.29) is 10.1 Å². The Morgan fingerprint density at radius 2 is 1.83 bits per heavy atom. The van der Waals surface area contributed by atoms with Crippen molar-refractivity contribution in [3.8, 4) is 5.75 Å². The lowest BCUT2D eigenvalue weighted by Crippen LogP contribution is -2.57. The summed E-state index contributed by atoms with van der Waals surface area (Å²) in [5, 5.41) is 1.46. The van der Waals surface area contributed by atoms with Gasteiger partial charge in [-0.25, -0.2) is 13.4 Å². The fourth-order valence-electron chi connectivity index (χ4n) is 4.56. The van der Waals surface area contributed by atoms with Crippen LogP contribution in [0, 0.1) is 0 Å². The molecule has 2 aliphatic rings. The number of ether oxygens (including phenoxy) is 1. The summed E-state index contributed by atoms with van der Waals surface area (Å²) < 4.78 is 34.8. The van der Waals surface area contributed by atoms with Crippen molar-refractivity contribution in [2.75, 3.05) is 44.7 Å². The van der Waals surface area contributed by atoms with Crippen LogP contribution in [-0.2, 0) is 14.8 Å². The molecule has 0 aliphatic carbocycles. The third-order valence-electron chi connectivity index (χ3n) is 6.38. The lowest BCUT2D eigenvalue weighted by molar-refractivity contribution is -0.136. The Bertz CT molecular complexity index is 1350. The standard InChI is InChI=1S/C22H24Cl2N4O4S3/c1-32-16-6-5-14(23)20-19(16)25-22(34-20)27-12-10-26(11-13-27)21(29)15-4-2-3-9-28(15)35(30,31)18-8-7-17(24)33-18/h5-8,15H,2-4,9-13H2,1H3. The van der Waals surface area contributed by atoms with Gasteiger partial charge in [0.15, 0.2) is 5.13 Å². The number of amides is 1. The molecule has 0 spiro atoms. The number of sulfonamides is 1. The number of rotatable bonds is 5. The van der Waals surface area contributed by atoms with Gasteiger partial charge in [-0.2, -0.15) is 4.31 Å². The highest BCUT2D eigenvalue weighted by atomic mass is 35.5. The molecule has 2 aromatic heterocycles. The van der Waals surface area contributed by atoms with Crippen molar-refractivity contribution in [2.45, 2.75) is 29.5 Å². The van der Waals surface area contributed by atoms with Crippen LogP contribution in [0.25, 0.3) is 10.2 Å². The zero-order chi connectivity index (χ0) is 24.7. The molecule has 188 valence electrons. The first-order valence-corrected chi connectivity index (χ1v) is 15.1. The summed E-state index contributed by atoms with van der Waals surface area (Å²) in [7, 11) is -2.17. The largest absolute Gasteiger partial charge is 0.494 e. The molecule has 2 aliphatic heterocycles. The van der Waals surface area contributed by atoms with Crippen LogP contribution in [0.4, 0.5) is 5.13 Å². The molecule has 13 heteroatoms. The van der Waals surface area contributed by atoms with Gasteiger partial charge in [0.05, 0.1) is 21.2 Å². The molecule has 2 fully saturated rings. The average molecular weight is 576 g/mol. The highest BCUT2D eigenvalue weighted by Gasteiger charge is 2.40. The van der Waals surface area contributed by atoms with E-state index in [0.717, 1.165) is 39.5 Å². The van der Waals surface area contributed by atoms with Gasteiger partial charge in [-0.15, -0.1) is 11.3 Å². The van der Waals surface area contributed by atoms with Crippen molar-refractivity contribution in [2.24, 2.45) is 0 Å². The summed E-state index contributed by atoms with van der Waals surface area (Å²) in [4.78, 5) is 22.1. The monoisotopic (exact) mass is 574 g/mol. The molecule has 5 rings (SSSR count). The first-order valence-electron chi connectivity index (χ1n) is 11.2. The zero-order valence-electron chi connectivity index (χ0n) is 18.9. The molecule has 1 unspecified atom stereocenters. The number of aromatic nitrogens is 1. The van der Waals surface area contributed by atoms with Crippen molar-refractivity contribution in [3.63, 3.8) is 0 Å². The maximum absolute atomic E-state index is 13.5. The predicted molar refractivity (Wildman–Crippen MR) is 141 cm³/mol. The van der Waals surface area contributed by atoms with E-state index in [1.54, 1.807) is 30.2 Å². The van der Waals surface area contributed by atoms with Crippen LogP contribution >= 0.6 is 45.9 Å². The van der Waals surface area contributed by atoms with Crippen molar-refractivity contribution < 1.29 is 17.9 Å². The Balaban J connectivity index is 1.30. The molecule has 0 bridgehead atoms. The van der Waals surface area contributed by atoms with Crippen LogP contribution in [0.15, 0.2) is 28.5 Å². The molecule has 8 nitrogen and oxygen atoms in total. The Hall–Kier alpha value is -1.63. The van der Waals surface area contributed by atoms with Gasteiger partial charge in [-0.05, 0) is 37.1 Å². The van der Waals surface area contributed by atoms with E-state index in [4.69, 9.17) is 32.9 Å². The van der Waals surface area contributed by atoms with Gasteiger partial charge in [0.25, 0.3) is 10.0 Å². The van der Waals surface area contributed by atoms with E-state index in [1.165, 1.54) is 21.7 Å². The summed E-state index contributed by atoms with van der Waals surface area (Å²) in [6, 6.07) is 6.00. The Kier molecular flexibility index (Phi) is 7.17. The van der Waals surface area contributed by atoms with Crippen LogP contribution in [0.5, 0.6) is 5.75 Å². The number of benzene rings is 1. The zero-order valence-corrected chi connectivity index (χ0v) is 22.9. The number of fused-ring (bicyclic) bond motifs is 1. The van der Waals surface area contributed by atoms with Gasteiger partial charge in [0, 0.05) is 32.7 Å². The highest BCUT2D eigenvalue weighted by molar-refractivity contribution is 7.91. The minimum atomic E-state index is -3.78. The molecule has 4 heterocycles. The number of methoxy groups -OCH3 is 1. The summed E-state index contributed by atoms with van der Waals surface area (Å²) in [6.07, 6.45) is 2.08. The summed E-state index contributed by atoms with van der Waals surface area (Å²) >= 11 is 14.9. The van der Waals surface area contributed by atoms with Gasteiger partial charge in [0.2, 0.25) is 5.91 Å². The first-order chi connectivity index (χ1) is 16.8. The fraction of sp³-hybridized carbons (Fsp3) is 0.455. The maximum Gasteiger partial charge on any atom is 0.253 e. The number of piperazine rings is 1. The van der Waals surface area contributed by atoms with Crippen molar-refractivity contribution >= 4 is 77.2 Å². The first kappa shape index (κ1) is 25.0. The molecule has 1 amide bonds. The summed E-state index contributed by atoms with van der Waals surface area (Å²) in [5.41, 5.74) is 0.732. The molecule has 1 atom stereocenters. The minimum Gasteiger partial charge on any atom is -0.494 e. The molecular weight excluding hydrogens is 551 g/mol. The van der Waals surface area contributed by atoms with E-state index in [1.807, 2.05) is 0 Å². The topological polar surface area (TPSA) is 83.0 Å². The quantitative estimate of drug-likeness (QED) is 0.444. The molecular formula is C22H24Cl2N4O4S3. The van der Waals surface area contributed by atoms with E-state index in [9.17, 15) is 13.2 Å². The predicted octanol–water partition coefficient (Wildman–Crippen LogP) is 4.57. The normalized spacial score (nSPS) is 19.9. The third-order valence-corrected chi connectivity index (χ3v) is 11.6. The number of anilines is 1. The van der Waals surface area contributed by atoms with Crippen LogP contribution in [0.2, 0.25) is 9.36 Å². The van der Waals surface area contributed by atoms with Gasteiger partial charge in [-0.3, -0.25) is 4.79 Å². The number of nitrogens with zero attached hydrogens (tertiary/aromatic N) is 4. The fourth-order valence-corrected chi connectivity index (χ4v) is 9.13. The number of halogens is 2. The van der Waals surface area contributed by atoms with E-state index >= 15 is 0 Å². The Labute approximate surface area is 222 Å². The van der Waals surface area contributed by atoms with Crippen LogP contribution in [0.1, 0.15) is 19.3 Å². The van der Waals surface area contributed by atoms with Crippen molar-refractivity contribution in [3.05, 3.63) is 33.6 Å². The summed E-state index contributed by atoms with van der Waals surface area (Å²) in [5.74, 6) is 0.538. The number of hydrogen-bond acceptors (Lipinski definition) is 8. The molecule has 1 aromatic carbocycles. The second-order valence-corrected chi connectivity index (χ2v) is 13.6. The van der Waals surface area contributed by atoms with Crippen LogP contribution in [-0.4, -0.2) is 74.4 Å². The molecule has 0 radical (unpaired) electrons. The Morgan fingerprint density at radius 3 is 2.51 bits per heavy atom. The van der Waals surface area contributed by atoms with Crippen LogP contribution in [0.3, 0.4) is 0 Å². The minimum absolute atomic E-state index is 0.135. The molecule has 3 aromatic rings. The number of thiophene rings is 1. The molecule has 0 saturated carbocycles. The lowest BCUT2D eigenvalue weighted by Gasteiger charge is -2.40. The second-order valence-electron chi connectivity index (χ2n) is 8.42. The molecule has 2 saturated heterocycles. The lowest BCUT2D eigenvalue weighted by atomic mass is 10.0. The van der Waals surface area contributed by atoms with Gasteiger partial charge in [-0.1, -0.05) is 41.0 Å². The SMILES string of the molecule is COc1ccc(Cl)c2sc(N3CCN(C(=O)C4CCCCN4S(=O)(=O)c4ccc(Cl)s4)CC3)nc12. The van der Waals surface area contributed by atoms with E-state index in [0.29, 0.717) is 54.3 Å². The van der Waals surface area contributed by atoms with Gasteiger partial charge >= 0.3 is 0 Å². The second kappa shape index (κ2) is 10.0. The Morgan fingerprint density at radius 1 is 1.06 bits per heavy atom. The maximum atomic E-state index is 13.5. The summed E-state index contributed by atoms with van der Waals surface area (Å²) in [6.45, 7) is 2.53. The smallest absolute Gasteiger partial charge is 0.253 e. The molecule has 35 heavy (non-hydrogen) atoms. The average Bonchev–Trinajstić information content (AvgIpc) is 3.52. The number of carbonyl (C=O) groups excluding carboxylic acids is 1. The van der Waals surface area contributed by atoms with E-state index in [2.05, 4.69) is 4.90 Å². The molecule has 0 N–H and O–H groups in total.